The summed E-state index contributed by atoms with van der Waals surface area (Å²) in [5, 5.41) is 0. The van der Waals surface area contributed by atoms with Gasteiger partial charge in [-0.15, -0.1) is 0 Å². The highest BCUT2D eigenvalue weighted by Gasteiger charge is 2.34. The Bertz CT molecular complexity index is 313. The number of nitrogens with zero attached hydrogens (tertiary/aromatic N) is 1. The maximum absolute atomic E-state index is 12.4. The van der Waals surface area contributed by atoms with Crippen LogP contribution in [0.15, 0.2) is 0 Å². The minimum Gasteiger partial charge on any atom is -0.318 e. The molecule has 1 unspecified atom stereocenters. The van der Waals surface area contributed by atoms with Crippen molar-refractivity contribution in [3.8, 4) is 0 Å². The second-order valence-corrected chi connectivity index (χ2v) is 8.08. The van der Waals surface area contributed by atoms with Gasteiger partial charge in [0.25, 0.3) is 7.52 Å². The van der Waals surface area contributed by atoms with Gasteiger partial charge in [0.1, 0.15) is 6.29 Å². The summed E-state index contributed by atoms with van der Waals surface area (Å²) in [5.41, 5.74) is 0. The van der Waals surface area contributed by atoms with Gasteiger partial charge in [-0.3, -0.25) is 9.13 Å². The highest BCUT2D eigenvalue weighted by Crippen LogP contribution is 2.56. The maximum Gasteiger partial charge on any atom is 0.345 e. The monoisotopic (exact) mass is 301 g/mol. The lowest BCUT2D eigenvalue weighted by atomic mass is 10.8. The van der Waals surface area contributed by atoms with Crippen LogP contribution >= 0.6 is 15.1 Å². The van der Waals surface area contributed by atoms with Crippen molar-refractivity contribution >= 4 is 15.1 Å². The van der Waals surface area contributed by atoms with Crippen molar-refractivity contribution in [1.29, 1.82) is 0 Å². The fourth-order valence-corrected chi connectivity index (χ4v) is 5.67. The van der Waals surface area contributed by atoms with Gasteiger partial charge in [-0.25, -0.2) is 4.67 Å². The summed E-state index contributed by atoms with van der Waals surface area (Å²) < 4.78 is 41.8. The van der Waals surface area contributed by atoms with Gasteiger partial charge in [-0.1, -0.05) is 6.92 Å². The Hall–Kier alpha value is 0.300. The van der Waals surface area contributed by atoms with Gasteiger partial charge >= 0.3 is 7.60 Å². The van der Waals surface area contributed by atoms with E-state index in [0.717, 1.165) is 0 Å². The van der Waals surface area contributed by atoms with Gasteiger partial charge in [0.15, 0.2) is 0 Å². The van der Waals surface area contributed by atoms with Crippen LogP contribution in [0.1, 0.15) is 27.7 Å². The Morgan fingerprint density at radius 1 is 0.889 bits per heavy atom. The minimum absolute atomic E-state index is 0.0149. The molecule has 0 saturated heterocycles. The fourth-order valence-electron chi connectivity index (χ4n) is 1.51. The molecule has 8 heteroatoms. The van der Waals surface area contributed by atoms with Crippen molar-refractivity contribution in [2.75, 3.05) is 39.3 Å². The van der Waals surface area contributed by atoms with Gasteiger partial charge in [0, 0.05) is 13.2 Å². The molecular formula is C10H25NO5P2. The van der Waals surface area contributed by atoms with Crippen LogP contribution in [0, 0.1) is 0 Å². The normalized spacial score (nSPS) is 15.9. The Balaban J connectivity index is 4.87. The Labute approximate surface area is 110 Å². The molecule has 0 aliphatic heterocycles. The van der Waals surface area contributed by atoms with E-state index in [-0.39, 0.29) is 19.5 Å². The summed E-state index contributed by atoms with van der Waals surface area (Å²) in [6.45, 7) is 9.99. The van der Waals surface area contributed by atoms with Crippen molar-refractivity contribution in [2.24, 2.45) is 0 Å². The summed E-state index contributed by atoms with van der Waals surface area (Å²) in [4.78, 5) is 0. The van der Waals surface area contributed by atoms with Crippen LogP contribution < -0.4 is 0 Å². The molecule has 18 heavy (non-hydrogen) atoms. The van der Waals surface area contributed by atoms with E-state index >= 15 is 0 Å². The largest absolute Gasteiger partial charge is 0.345 e. The highest BCUT2D eigenvalue weighted by atomic mass is 31.2. The van der Waals surface area contributed by atoms with Gasteiger partial charge in [0.05, 0.1) is 19.8 Å². The lowest BCUT2D eigenvalue weighted by Crippen LogP contribution is -2.23. The first kappa shape index (κ1) is 18.3. The molecule has 0 heterocycles. The van der Waals surface area contributed by atoms with Crippen molar-refractivity contribution in [2.45, 2.75) is 27.7 Å². The summed E-state index contributed by atoms with van der Waals surface area (Å²) in [5.74, 6) is 0. The summed E-state index contributed by atoms with van der Waals surface area (Å²) in [6.07, 6.45) is -0.0149. The summed E-state index contributed by atoms with van der Waals surface area (Å²) >= 11 is 0. The molecule has 0 amide bonds. The van der Waals surface area contributed by atoms with Crippen LogP contribution in [0.25, 0.3) is 0 Å². The molecule has 6 nitrogen and oxygen atoms in total. The average molecular weight is 301 g/mol. The smallest absolute Gasteiger partial charge is 0.318 e. The molecule has 110 valence electrons. The van der Waals surface area contributed by atoms with E-state index in [1.54, 1.807) is 20.8 Å². The molecule has 0 aliphatic carbocycles. The predicted octanol–water partition coefficient (Wildman–Crippen LogP) is 3.39. The SMILES string of the molecule is CCOP(=O)(CN(CC)P(C)(=O)OCC)OCC. The van der Waals surface area contributed by atoms with Crippen LogP contribution in [0.3, 0.4) is 0 Å². The van der Waals surface area contributed by atoms with Gasteiger partial charge in [-0.2, -0.15) is 0 Å². The van der Waals surface area contributed by atoms with E-state index in [4.69, 9.17) is 13.6 Å². The van der Waals surface area contributed by atoms with E-state index in [2.05, 4.69) is 0 Å². The van der Waals surface area contributed by atoms with Gasteiger partial charge < -0.3 is 13.6 Å². The third kappa shape index (κ3) is 5.96. The quantitative estimate of drug-likeness (QED) is 0.576. The molecule has 0 aromatic heterocycles. The van der Waals surface area contributed by atoms with Crippen LogP contribution in [-0.2, 0) is 22.7 Å². The molecule has 0 bridgehead atoms. The molecule has 0 aromatic rings. The van der Waals surface area contributed by atoms with Crippen LogP contribution in [0.2, 0.25) is 0 Å². The Kier molecular flexibility index (Phi) is 8.61. The minimum atomic E-state index is -3.24. The fraction of sp³-hybridized carbons (Fsp3) is 1.00. The molecular weight excluding hydrogens is 276 g/mol. The molecule has 0 aliphatic rings. The number of hydrogen-bond acceptors (Lipinski definition) is 5. The molecule has 0 saturated carbocycles. The molecule has 0 fully saturated rings. The lowest BCUT2D eigenvalue weighted by molar-refractivity contribution is 0.206. The first-order chi connectivity index (χ1) is 8.35. The van der Waals surface area contributed by atoms with E-state index in [9.17, 15) is 9.13 Å². The zero-order valence-corrected chi connectivity index (χ0v) is 13.7. The lowest BCUT2D eigenvalue weighted by Gasteiger charge is -2.29. The Morgan fingerprint density at radius 3 is 1.67 bits per heavy atom. The molecule has 0 aromatic carbocycles. The van der Waals surface area contributed by atoms with Crippen molar-refractivity contribution in [3.63, 3.8) is 0 Å². The summed E-state index contributed by atoms with van der Waals surface area (Å²) in [6, 6.07) is 0. The molecule has 0 N–H and O–H groups in total. The third-order valence-electron chi connectivity index (χ3n) is 2.24. The van der Waals surface area contributed by atoms with E-state index in [0.29, 0.717) is 13.2 Å². The standard InChI is InChI=1S/C10H25NO5P2/c1-6-11(17(5,12)14-7-2)10-18(13,15-8-3)16-9-4/h6-10H2,1-5H3. The number of hydrogen-bond donors (Lipinski definition) is 0. The Morgan fingerprint density at radius 2 is 1.33 bits per heavy atom. The van der Waals surface area contributed by atoms with Gasteiger partial charge in [0.2, 0.25) is 0 Å². The average Bonchev–Trinajstić information content (AvgIpc) is 2.26. The zero-order chi connectivity index (χ0) is 14.2. The topological polar surface area (TPSA) is 65.1 Å². The second-order valence-electron chi connectivity index (χ2n) is 3.63. The molecule has 0 radical (unpaired) electrons. The van der Waals surface area contributed by atoms with Gasteiger partial charge in [-0.05, 0) is 20.8 Å². The van der Waals surface area contributed by atoms with Crippen LogP contribution in [0.4, 0.5) is 0 Å². The van der Waals surface area contributed by atoms with Crippen molar-refractivity contribution in [1.82, 2.24) is 4.67 Å². The van der Waals surface area contributed by atoms with E-state index < -0.39 is 15.1 Å². The number of rotatable bonds is 10. The first-order valence-electron chi connectivity index (χ1n) is 6.20. The summed E-state index contributed by atoms with van der Waals surface area (Å²) in [7, 11) is -6.18. The van der Waals surface area contributed by atoms with Crippen molar-refractivity contribution < 1.29 is 22.7 Å². The van der Waals surface area contributed by atoms with E-state index in [1.807, 2.05) is 6.92 Å². The third-order valence-corrected chi connectivity index (χ3v) is 6.64. The first-order valence-corrected chi connectivity index (χ1v) is 9.96. The van der Waals surface area contributed by atoms with E-state index in [1.165, 1.54) is 11.3 Å². The highest BCUT2D eigenvalue weighted by molar-refractivity contribution is 7.58. The van der Waals surface area contributed by atoms with Crippen LogP contribution in [0.5, 0.6) is 0 Å². The van der Waals surface area contributed by atoms with Crippen LogP contribution in [-0.4, -0.2) is 44.0 Å². The predicted molar refractivity (Wildman–Crippen MR) is 73.3 cm³/mol. The molecule has 0 spiro atoms. The zero-order valence-electron chi connectivity index (χ0n) is 11.9. The molecule has 1 atom stereocenters. The maximum atomic E-state index is 12.4. The molecule has 0 rings (SSSR count). The second kappa shape index (κ2) is 8.47. The van der Waals surface area contributed by atoms with Crippen molar-refractivity contribution in [3.05, 3.63) is 0 Å².